The number of methoxy groups -OCH3 is 2. The molecule has 1 amide bonds. The highest BCUT2D eigenvalue weighted by Gasteiger charge is 2.47. The Balaban J connectivity index is 1.94. The fraction of sp³-hybridized carbons (Fsp3) is 0.263. The minimum atomic E-state index is -1.88. The summed E-state index contributed by atoms with van der Waals surface area (Å²) >= 11 is 0. The summed E-state index contributed by atoms with van der Waals surface area (Å²) in [6.45, 7) is 1.83. The topological polar surface area (TPSA) is 84.9 Å². The molecule has 2 N–H and O–H groups in total. The van der Waals surface area contributed by atoms with E-state index in [9.17, 15) is 14.7 Å². The number of hydrogen-bond donors (Lipinski definition) is 2. The molecule has 0 radical (unpaired) electrons. The van der Waals surface area contributed by atoms with Crippen LogP contribution in [-0.2, 0) is 10.4 Å². The molecule has 0 saturated carbocycles. The highest BCUT2D eigenvalue weighted by Crippen LogP contribution is 2.41. The highest BCUT2D eigenvalue weighted by atomic mass is 16.5. The van der Waals surface area contributed by atoms with Crippen molar-refractivity contribution in [1.29, 1.82) is 0 Å². The fourth-order valence-electron chi connectivity index (χ4n) is 3.04. The molecule has 1 aliphatic rings. The summed E-state index contributed by atoms with van der Waals surface area (Å²) in [5.41, 5.74) is 0.271. The van der Waals surface area contributed by atoms with Gasteiger partial charge in [0.15, 0.2) is 22.9 Å². The third kappa shape index (κ3) is 2.74. The van der Waals surface area contributed by atoms with Gasteiger partial charge < -0.3 is 19.9 Å². The first-order valence-electron chi connectivity index (χ1n) is 7.80. The Morgan fingerprint density at radius 2 is 1.88 bits per heavy atom. The lowest BCUT2D eigenvalue weighted by Gasteiger charge is -2.20. The second-order valence-electron chi connectivity index (χ2n) is 5.98. The number of carbonyl (C=O) groups excluding carboxylic acids is 2. The Hall–Kier alpha value is -2.86. The zero-order valence-electron chi connectivity index (χ0n) is 14.3. The molecule has 3 rings (SSSR count). The summed E-state index contributed by atoms with van der Waals surface area (Å²) in [6, 6.07) is 9.97. The molecule has 1 aliphatic heterocycles. The number of carbonyl (C=O) groups is 2. The molecule has 2 aromatic carbocycles. The Morgan fingerprint density at radius 3 is 2.56 bits per heavy atom. The van der Waals surface area contributed by atoms with Crippen molar-refractivity contribution in [2.75, 3.05) is 19.5 Å². The van der Waals surface area contributed by atoms with Gasteiger partial charge in [-0.3, -0.25) is 9.59 Å². The normalized spacial score (nSPS) is 18.5. The molecule has 130 valence electrons. The van der Waals surface area contributed by atoms with Crippen molar-refractivity contribution < 1.29 is 24.2 Å². The van der Waals surface area contributed by atoms with Crippen molar-refractivity contribution in [3.63, 3.8) is 0 Å². The second-order valence-corrected chi connectivity index (χ2v) is 5.98. The summed E-state index contributed by atoms with van der Waals surface area (Å²) < 4.78 is 10.3. The number of fused-ring (bicyclic) bond motifs is 1. The first-order chi connectivity index (χ1) is 11.9. The minimum absolute atomic E-state index is 0.333. The maximum atomic E-state index is 12.7. The van der Waals surface area contributed by atoms with Crippen LogP contribution in [0.25, 0.3) is 0 Å². The Kier molecular flexibility index (Phi) is 4.22. The van der Waals surface area contributed by atoms with Crippen LogP contribution >= 0.6 is 0 Å². The Labute approximate surface area is 145 Å². The van der Waals surface area contributed by atoms with E-state index >= 15 is 0 Å². The van der Waals surface area contributed by atoms with Crippen molar-refractivity contribution in [3.05, 3.63) is 53.1 Å². The van der Waals surface area contributed by atoms with Crippen molar-refractivity contribution in [2.45, 2.75) is 18.9 Å². The van der Waals surface area contributed by atoms with Gasteiger partial charge in [-0.15, -0.1) is 0 Å². The Bertz CT molecular complexity index is 861. The quantitative estimate of drug-likeness (QED) is 0.816. The van der Waals surface area contributed by atoms with Crippen molar-refractivity contribution >= 4 is 17.4 Å². The maximum Gasteiger partial charge on any atom is 0.261 e. The van der Waals surface area contributed by atoms with Crippen LogP contribution in [0.5, 0.6) is 11.5 Å². The summed E-state index contributed by atoms with van der Waals surface area (Å²) in [5, 5.41) is 13.6. The Morgan fingerprint density at radius 1 is 1.16 bits per heavy atom. The van der Waals surface area contributed by atoms with E-state index in [1.54, 1.807) is 24.3 Å². The van der Waals surface area contributed by atoms with E-state index in [1.165, 1.54) is 20.3 Å². The molecule has 2 aromatic rings. The van der Waals surface area contributed by atoms with Gasteiger partial charge in [0.1, 0.15) is 0 Å². The predicted octanol–water partition coefficient (Wildman–Crippen LogP) is 2.42. The molecule has 0 aliphatic carbocycles. The van der Waals surface area contributed by atoms with E-state index in [0.717, 1.165) is 5.56 Å². The number of rotatable bonds is 5. The first kappa shape index (κ1) is 17.0. The van der Waals surface area contributed by atoms with Gasteiger partial charge in [0, 0.05) is 11.1 Å². The SMILES string of the molecule is COc1ccc(C(=O)CC2(O)C(=O)Nc3c(C)cccc32)cc1OC. The largest absolute Gasteiger partial charge is 0.493 e. The molecule has 0 saturated heterocycles. The van der Waals surface area contributed by atoms with E-state index in [-0.39, 0.29) is 12.2 Å². The number of aryl methyl sites for hydroxylation is 1. The van der Waals surface area contributed by atoms with E-state index in [4.69, 9.17) is 9.47 Å². The van der Waals surface area contributed by atoms with Crippen molar-refractivity contribution in [1.82, 2.24) is 0 Å². The van der Waals surface area contributed by atoms with E-state index in [1.807, 2.05) is 13.0 Å². The van der Waals surface area contributed by atoms with Crippen LogP contribution in [0, 0.1) is 6.92 Å². The molecule has 0 spiro atoms. The monoisotopic (exact) mass is 341 g/mol. The summed E-state index contributed by atoms with van der Waals surface area (Å²) in [7, 11) is 2.98. The van der Waals surface area contributed by atoms with Crippen LogP contribution in [0.3, 0.4) is 0 Å². The van der Waals surface area contributed by atoms with Gasteiger partial charge in [0.2, 0.25) is 0 Å². The molecular formula is C19H19NO5. The maximum absolute atomic E-state index is 12.7. The number of para-hydroxylation sites is 1. The number of Topliss-reactive ketones (excluding diaryl/α,β-unsaturated/α-hetero) is 1. The number of hydrogen-bond acceptors (Lipinski definition) is 5. The van der Waals surface area contributed by atoms with E-state index < -0.39 is 11.5 Å². The molecule has 1 unspecified atom stereocenters. The van der Waals surface area contributed by atoms with Crippen LogP contribution in [0.2, 0.25) is 0 Å². The number of aliphatic hydroxyl groups is 1. The zero-order valence-corrected chi connectivity index (χ0v) is 14.3. The average Bonchev–Trinajstić information content (AvgIpc) is 2.86. The molecule has 1 heterocycles. The van der Waals surface area contributed by atoms with E-state index in [0.29, 0.717) is 28.3 Å². The van der Waals surface area contributed by atoms with Gasteiger partial charge in [-0.25, -0.2) is 0 Å². The number of ketones is 1. The van der Waals surface area contributed by atoms with Crippen LogP contribution in [-0.4, -0.2) is 31.0 Å². The number of benzene rings is 2. The summed E-state index contributed by atoms with van der Waals surface area (Å²) in [6.07, 6.45) is -0.356. The van der Waals surface area contributed by atoms with Crippen molar-refractivity contribution in [2.24, 2.45) is 0 Å². The summed E-state index contributed by atoms with van der Waals surface area (Å²) in [5.74, 6) is -0.0524. The molecular weight excluding hydrogens is 322 g/mol. The lowest BCUT2D eigenvalue weighted by atomic mass is 9.87. The third-order valence-corrected chi connectivity index (χ3v) is 4.45. The van der Waals surface area contributed by atoms with Crippen molar-refractivity contribution in [3.8, 4) is 11.5 Å². The standard InChI is InChI=1S/C19H19NO5/c1-11-5-4-6-13-17(11)20-18(22)19(13,23)10-14(21)12-7-8-15(24-2)16(9-12)25-3/h4-9,23H,10H2,1-3H3,(H,20,22). The lowest BCUT2D eigenvalue weighted by Crippen LogP contribution is -2.36. The zero-order chi connectivity index (χ0) is 18.2. The van der Waals surface area contributed by atoms with Crippen LogP contribution in [0.1, 0.15) is 27.9 Å². The van der Waals surface area contributed by atoms with Crippen LogP contribution in [0.15, 0.2) is 36.4 Å². The van der Waals surface area contributed by atoms with E-state index in [2.05, 4.69) is 5.32 Å². The molecule has 0 fully saturated rings. The predicted molar refractivity (Wildman–Crippen MR) is 92.2 cm³/mol. The number of anilines is 1. The second kappa shape index (κ2) is 6.22. The van der Waals surface area contributed by atoms with Gasteiger partial charge in [0.25, 0.3) is 5.91 Å². The minimum Gasteiger partial charge on any atom is -0.493 e. The third-order valence-electron chi connectivity index (χ3n) is 4.45. The van der Waals surface area contributed by atoms with Gasteiger partial charge in [-0.2, -0.15) is 0 Å². The van der Waals surface area contributed by atoms with Gasteiger partial charge in [-0.05, 0) is 30.7 Å². The van der Waals surface area contributed by atoms with Crippen LogP contribution < -0.4 is 14.8 Å². The highest BCUT2D eigenvalue weighted by molar-refractivity contribution is 6.10. The molecule has 6 heteroatoms. The molecule has 0 bridgehead atoms. The van der Waals surface area contributed by atoms with Crippen LogP contribution in [0.4, 0.5) is 5.69 Å². The molecule has 25 heavy (non-hydrogen) atoms. The number of nitrogens with one attached hydrogen (secondary N) is 1. The number of amides is 1. The fourth-order valence-corrected chi connectivity index (χ4v) is 3.04. The molecule has 0 aromatic heterocycles. The van der Waals surface area contributed by atoms with Gasteiger partial charge in [0.05, 0.1) is 26.3 Å². The van der Waals surface area contributed by atoms with Gasteiger partial charge >= 0.3 is 0 Å². The average molecular weight is 341 g/mol. The summed E-state index contributed by atoms with van der Waals surface area (Å²) in [4.78, 5) is 25.0. The van der Waals surface area contributed by atoms with Gasteiger partial charge in [-0.1, -0.05) is 18.2 Å². The molecule has 6 nitrogen and oxygen atoms in total. The molecule has 1 atom stereocenters. The lowest BCUT2D eigenvalue weighted by molar-refractivity contribution is -0.133. The smallest absolute Gasteiger partial charge is 0.261 e. The number of ether oxygens (including phenoxy) is 2. The first-order valence-corrected chi connectivity index (χ1v) is 7.80.